The number of nitrogens with two attached hydrogens (primary N) is 1. The number of primary amides is 1. The van der Waals surface area contributed by atoms with Gasteiger partial charge in [0.15, 0.2) is 11.3 Å². The molecule has 0 radical (unpaired) electrons. The second-order valence-corrected chi connectivity index (χ2v) is 4.40. The largest absolute Gasteiger partial charge is 0.364 e. The van der Waals surface area contributed by atoms with Crippen molar-refractivity contribution in [3.63, 3.8) is 0 Å². The van der Waals surface area contributed by atoms with Crippen LogP contribution in [-0.2, 0) is 0 Å². The number of carbonyl (C=O) groups is 1. The third kappa shape index (κ3) is 1.50. The molecular formula is C11H8N4OS. The van der Waals surface area contributed by atoms with Gasteiger partial charge in [0, 0.05) is 17.3 Å². The van der Waals surface area contributed by atoms with Crippen molar-refractivity contribution >= 4 is 22.9 Å². The van der Waals surface area contributed by atoms with Crippen molar-refractivity contribution in [1.82, 2.24) is 14.6 Å². The van der Waals surface area contributed by atoms with Gasteiger partial charge in [0.2, 0.25) is 0 Å². The van der Waals surface area contributed by atoms with Gasteiger partial charge in [-0.05, 0) is 17.5 Å². The van der Waals surface area contributed by atoms with Crippen LogP contribution in [0.1, 0.15) is 10.5 Å². The molecule has 0 fully saturated rings. The minimum absolute atomic E-state index is 0.256. The van der Waals surface area contributed by atoms with Crippen molar-refractivity contribution in [1.29, 1.82) is 0 Å². The molecule has 0 saturated carbocycles. The third-order valence-corrected chi connectivity index (χ3v) is 3.28. The second kappa shape index (κ2) is 3.67. The van der Waals surface area contributed by atoms with Crippen LogP contribution in [-0.4, -0.2) is 20.5 Å². The van der Waals surface area contributed by atoms with Crippen molar-refractivity contribution in [2.75, 3.05) is 0 Å². The monoisotopic (exact) mass is 244 g/mol. The van der Waals surface area contributed by atoms with E-state index in [9.17, 15) is 4.79 Å². The number of hydrogen-bond donors (Lipinski definition) is 1. The zero-order valence-electron chi connectivity index (χ0n) is 8.70. The van der Waals surface area contributed by atoms with Crippen LogP contribution in [0, 0.1) is 0 Å². The van der Waals surface area contributed by atoms with Crippen LogP contribution in [0.5, 0.6) is 0 Å². The van der Waals surface area contributed by atoms with E-state index in [0.717, 1.165) is 4.88 Å². The number of hydrogen-bond acceptors (Lipinski definition) is 4. The Hall–Kier alpha value is -2.21. The highest BCUT2D eigenvalue weighted by atomic mass is 32.1. The summed E-state index contributed by atoms with van der Waals surface area (Å²) in [5.41, 5.74) is 6.95. The summed E-state index contributed by atoms with van der Waals surface area (Å²) in [5.74, 6) is -0.543. The van der Waals surface area contributed by atoms with Crippen LogP contribution in [0.25, 0.3) is 16.1 Å². The van der Waals surface area contributed by atoms with E-state index in [0.29, 0.717) is 11.2 Å². The zero-order valence-corrected chi connectivity index (χ0v) is 9.52. The SMILES string of the molecule is NC(=O)c1nn2cccnc2c1-c1cccs1. The fourth-order valence-electron chi connectivity index (χ4n) is 1.71. The summed E-state index contributed by atoms with van der Waals surface area (Å²) in [6.45, 7) is 0. The summed E-state index contributed by atoms with van der Waals surface area (Å²) in [5, 5.41) is 6.09. The highest BCUT2D eigenvalue weighted by Gasteiger charge is 2.19. The summed E-state index contributed by atoms with van der Waals surface area (Å²) in [4.78, 5) is 16.6. The Morgan fingerprint density at radius 1 is 1.41 bits per heavy atom. The van der Waals surface area contributed by atoms with Gasteiger partial charge in [-0.2, -0.15) is 5.10 Å². The van der Waals surface area contributed by atoms with Crippen molar-refractivity contribution in [2.45, 2.75) is 0 Å². The average molecular weight is 244 g/mol. The third-order valence-electron chi connectivity index (χ3n) is 2.40. The molecule has 1 amide bonds. The van der Waals surface area contributed by atoms with E-state index in [1.807, 2.05) is 17.5 Å². The minimum Gasteiger partial charge on any atom is -0.364 e. The first kappa shape index (κ1) is 9.98. The lowest BCUT2D eigenvalue weighted by Crippen LogP contribution is -2.12. The first-order chi connectivity index (χ1) is 8.27. The van der Waals surface area contributed by atoms with Crippen LogP contribution in [0.15, 0.2) is 36.0 Å². The predicted molar refractivity (Wildman–Crippen MR) is 64.8 cm³/mol. The summed E-state index contributed by atoms with van der Waals surface area (Å²) >= 11 is 1.53. The van der Waals surface area contributed by atoms with E-state index in [4.69, 9.17) is 5.73 Å². The lowest BCUT2D eigenvalue weighted by molar-refractivity contribution is 0.0996. The van der Waals surface area contributed by atoms with E-state index in [-0.39, 0.29) is 5.69 Å². The van der Waals surface area contributed by atoms with Crippen LogP contribution in [0.2, 0.25) is 0 Å². The number of fused-ring (bicyclic) bond motifs is 1. The fraction of sp³-hybridized carbons (Fsp3) is 0. The minimum atomic E-state index is -0.543. The number of nitrogens with zero attached hydrogens (tertiary/aromatic N) is 3. The molecule has 0 atom stereocenters. The molecule has 0 bridgehead atoms. The first-order valence-corrected chi connectivity index (χ1v) is 5.82. The number of amides is 1. The van der Waals surface area contributed by atoms with Gasteiger partial charge in [0.05, 0.1) is 5.56 Å². The molecule has 3 aromatic rings. The maximum atomic E-state index is 11.4. The molecule has 0 spiro atoms. The fourth-order valence-corrected chi connectivity index (χ4v) is 2.47. The highest BCUT2D eigenvalue weighted by Crippen LogP contribution is 2.30. The normalized spacial score (nSPS) is 10.8. The number of rotatable bonds is 2. The molecule has 2 N–H and O–H groups in total. The lowest BCUT2D eigenvalue weighted by atomic mass is 10.2. The predicted octanol–water partition coefficient (Wildman–Crippen LogP) is 1.56. The zero-order chi connectivity index (χ0) is 11.8. The Labute approximate surface area is 101 Å². The number of thiophene rings is 1. The Balaban J connectivity index is 2.40. The Morgan fingerprint density at radius 3 is 3.00 bits per heavy atom. The van der Waals surface area contributed by atoms with E-state index < -0.39 is 5.91 Å². The standard InChI is InChI=1S/C11H8N4OS/c12-10(16)9-8(7-3-1-6-17-7)11-13-4-2-5-15(11)14-9/h1-6H,(H2,12,16). The van der Waals surface area contributed by atoms with Crippen LogP contribution >= 0.6 is 11.3 Å². The molecule has 0 aliphatic rings. The van der Waals surface area contributed by atoms with Gasteiger partial charge in [-0.3, -0.25) is 4.79 Å². The molecule has 0 saturated heterocycles. The van der Waals surface area contributed by atoms with Gasteiger partial charge >= 0.3 is 0 Å². The Morgan fingerprint density at radius 2 is 2.29 bits per heavy atom. The summed E-state index contributed by atoms with van der Waals surface area (Å²) in [6.07, 6.45) is 3.41. The van der Waals surface area contributed by atoms with E-state index >= 15 is 0 Å². The van der Waals surface area contributed by atoms with Gasteiger partial charge in [-0.1, -0.05) is 6.07 Å². The smallest absolute Gasteiger partial charge is 0.269 e. The van der Waals surface area contributed by atoms with E-state index in [2.05, 4.69) is 10.1 Å². The van der Waals surface area contributed by atoms with Gasteiger partial charge in [0.25, 0.3) is 5.91 Å². The van der Waals surface area contributed by atoms with Gasteiger partial charge in [0.1, 0.15) is 0 Å². The van der Waals surface area contributed by atoms with Crippen molar-refractivity contribution < 1.29 is 4.79 Å². The quantitative estimate of drug-likeness (QED) is 0.743. The summed E-state index contributed by atoms with van der Waals surface area (Å²) in [6, 6.07) is 5.59. The molecule has 84 valence electrons. The van der Waals surface area contributed by atoms with Crippen molar-refractivity contribution in [3.05, 3.63) is 41.7 Å². The maximum Gasteiger partial charge on any atom is 0.269 e. The maximum absolute atomic E-state index is 11.4. The molecule has 0 unspecified atom stereocenters. The van der Waals surface area contributed by atoms with E-state index in [1.54, 1.807) is 23.0 Å². The second-order valence-electron chi connectivity index (χ2n) is 3.45. The summed E-state index contributed by atoms with van der Waals surface area (Å²) < 4.78 is 1.56. The van der Waals surface area contributed by atoms with Gasteiger partial charge in [-0.15, -0.1) is 11.3 Å². The number of carbonyl (C=O) groups excluding carboxylic acids is 1. The highest BCUT2D eigenvalue weighted by molar-refractivity contribution is 7.13. The molecule has 6 heteroatoms. The topological polar surface area (TPSA) is 73.3 Å². The average Bonchev–Trinajstić information content (AvgIpc) is 2.94. The summed E-state index contributed by atoms with van der Waals surface area (Å²) in [7, 11) is 0. The molecular weight excluding hydrogens is 236 g/mol. The molecule has 0 aliphatic heterocycles. The van der Waals surface area contributed by atoms with Crippen molar-refractivity contribution in [3.8, 4) is 10.4 Å². The van der Waals surface area contributed by atoms with Crippen LogP contribution in [0.4, 0.5) is 0 Å². The molecule has 17 heavy (non-hydrogen) atoms. The Bertz CT molecular complexity index is 687. The number of aromatic nitrogens is 3. The van der Waals surface area contributed by atoms with Gasteiger partial charge in [-0.25, -0.2) is 9.50 Å². The van der Waals surface area contributed by atoms with Crippen molar-refractivity contribution in [2.24, 2.45) is 5.73 Å². The van der Waals surface area contributed by atoms with Gasteiger partial charge < -0.3 is 5.73 Å². The lowest BCUT2D eigenvalue weighted by Gasteiger charge is -1.95. The molecule has 3 heterocycles. The molecule has 5 nitrogen and oxygen atoms in total. The molecule has 0 aromatic carbocycles. The molecule has 3 rings (SSSR count). The van der Waals surface area contributed by atoms with E-state index in [1.165, 1.54) is 11.3 Å². The Kier molecular flexibility index (Phi) is 2.15. The van der Waals surface area contributed by atoms with Crippen LogP contribution in [0.3, 0.4) is 0 Å². The molecule has 0 aliphatic carbocycles. The molecule has 3 aromatic heterocycles. The first-order valence-electron chi connectivity index (χ1n) is 4.94. The van der Waals surface area contributed by atoms with Crippen LogP contribution < -0.4 is 5.73 Å².